The second-order valence-electron chi connectivity index (χ2n) is 4.56. The Bertz CT molecular complexity index is 742. The van der Waals surface area contributed by atoms with Crippen LogP contribution in [0.5, 0.6) is 5.75 Å². The first-order valence-electron chi connectivity index (χ1n) is 6.38. The van der Waals surface area contributed by atoms with Crippen LogP contribution in [0, 0.1) is 6.92 Å². The van der Waals surface area contributed by atoms with Crippen LogP contribution in [0.4, 0.5) is 0 Å². The zero-order chi connectivity index (χ0) is 14.8. The molecule has 5 nitrogen and oxygen atoms in total. The number of carbonyl (C=O) groups excluding carboxylic acids is 1. The molecular weight excluding hydrogens is 270 g/mol. The van der Waals surface area contributed by atoms with E-state index < -0.39 is 5.97 Å². The molecule has 3 rings (SSSR count). The third-order valence-corrected chi connectivity index (χ3v) is 3.03. The number of rotatable bonds is 3. The van der Waals surface area contributed by atoms with Gasteiger partial charge in [-0.2, -0.15) is 0 Å². The fourth-order valence-corrected chi connectivity index (χ4v) is 2.03. The number of benzene rings is 1. The molecule has 0 unspecified atom stereocenters. The van der Waals surface area contributed by atoms with E-state index in [0.29, 0.717) is 11.5 Å². The smallest absolute Gasteiger partial charge is 0.363 e. The van der Waals surface area contributed by atoms with E-state index in [9.17, 15) is 4.79 Å². The molecule has 2 heterocycles. The van der Waals surface area contributed by atoms with E-state index in [1.807, 2.05) is 25.1 Å². The lowest BCUT2D eigenvalue weighted by molar-refractivity contribution is -0.130. The number of furan rings is 1. The largest absolute Gasteiger partial charge is 0.496 e. The molecular formula is C16H13NO4. The van der Waals surface area contributed by atoms with Crippen molar-refractivity contribution in [2.45, 2.75) is 6.92 Å². The maximum absolute atomic E-state index is 11.9. The predicted molar refractivity (Wildman–Crippen MR) is 77.0 cm³/mol. The summed E-state index contributed by atoms with van der Waals surface area (Å²) in [6.07, 6.45) is 3.14. The van der Waals surface area contributed by atoms with Gasteiger partial charge in [0.1, 0.15) is 5.75 Å². The fraction of sp³-hybridized carbons (Fsp3) is 0.125. The van der Waals surface area contributed by atoms with Crippen LogP contribution >= 0.6 is 0 Å². The van der Waals surface area contributed by atoms with Crippen molar-refractivity contribution in [3.05, 3.63) is 59.2 Å². The third-order valence-electron chi connectivity index (χ3n) is 3.03. The average Bonchev–Trinajstić information content (AvgIpc) is 3.10. The SMILES string of the molecule is COc1ccc(C)cc1/C=C1/N=C(c2ccco2)OC1=O. The monoisotopic (exact) mass is 283 g/mol. The summed E-state index contributed by atoms with van der Waals surface area (Å²) in [7, 11) is 1.58. The highest BCUT2D eigenvalue weighted by molar-refractivity contribution is 6.11. The maximum Gasteiger partial charge on any atom is 0.363 e. The van der Waals surface area contributed by atoms with E-state index in [-0.39, 0.29) is 11.6 Å². The molecule has 106 valence electrons. The van der Waals surface area contributed by atoms with Crippen molar-refractivity contribution in [2.75, 3.05) is 7.11 Å². The van der Waals surface area contributed by atoms with Crippen molar-refractivity contribution in [3.63, 3.8) is 0 Å². The fourth-order valence-electron chi connectivity index (χ4n) is 2.03. The van der Waals surface area contributed by atoms with Crippen LogP contribution < -0.4 is 4.74 Å². The molecule has 0 N–H and O–H groups in total. The Kier molecular flexibility index (Phi) is 3.31. The van der Waals surface area contributed by atoms with Gasteiger partial charge in [0.2, 0.25) is 0 Å². The first kappa shape index (κ1) is 13.2. The van der Waals surface area contributed by atoms with Gasteiger partial charge in [-0.05, 0) is 37.3 Å². The summed E-state index contributed by atoms with van der Waals surface area (Å²) in [6, 6.07) is 9.09. The van der Waals surface area contributed by atoms with E-state index in [4.69, 9.17) is 13.9 Å². The van der Waals surface area contributed by atoms with Crippen LogP contribution in [0.15, 0.2) is 51.7 Å². The van der Waals surface area contributed by atoms with E-state index in [1.165, 1.54) is 6.26 Å². The summed E-state index contributed by atoms with van der Waals surface area (Å²) in [5, 5.41) is 0. The van der Waals surface area contributed by atoms with Gasteiger partial charge in [-0.25, -0.2) is 9.79 Å². The Morgan fingerprint density at radius 1 is 1.29 bits per heavy atom. The summed E-state index contributed by atoms with van der Waals surface area (Å²) in [5.74, 6) is 0.748. The molecule has 0 aliphatic carbocycles. The van der Waals surface area contributed by atoms with E-state index in [2.05, 4.69) is 4.99 Å². The molecule has 5 heteroatoms. The van der Waals surface area contributed by atoms with E-state index >= 15 is 0 Å². The maximum atomic E-state index is 11.9. The number of hydrogen-bond acceptors (Lipinski definition) is 5. The first-order valence-corrected chi connectivity index (χ1v) is 6.38. The number of nitrogens with zero attached hydrogens (tertiary/aromatic N) is 1. The molecule has 0 amide bonds. The van der Waals surface area contributed by atoms with Gasteiger partial charge in [0, 0.05) is 5.56 Å². The van der Waals surface area contributed by atoms with Crippen LogP contribution in [0.3, 0.4) is 0 Å². The van der Waals surface area contributed by atoms with Crippen LogP contribution in [0.25, 0.3) is 6.08 Å². The summed E-state index contributed by atoms with van der Waals surface area (Å²) in [5.41, 5.74) is 2.04. The molecule has 1 aromatic heterocycles. The molecule has 0 radical (unpaired) electrons. The predicted octanol–water partition coefficient (Wildman–Crippen LogP) is 2.94. The number of ether oxygens (including phenoxy) is 2. The Balaban J connectivity index is 2.00. The van der Waals surface area contributed by atoms with Gasteiger partial charge >= 0.3 is 5.97 Å². The van der Waals surface area contributed by atoms with Gasteiger partial charge in [0.25, 0.3) is 5.90 Å². The Hall–Kier alpha value is -2.82. The Morgan fingerprint density at radius 2 is 2.14 bits per heavy atom. The first-order chi connectivity index (χ1) is 10.2. The highest BCUT2D eigenvalue weighted by Gasteiger charge is 2.26. The lowest BCUT2D eigenvalue weighted by Gasteiger charge is -2.05. The number of cyclic esters (lactones) is 1. The molecule has 0 atom stereocenters. The molecule has 21 heavy (non-hydrogen) atoms. The van der Waals surface area contributed by atoms with Crippen molar-refractivity contribution in [1.82, 2.24) is 0 Å². The molecule has 0 fully saturated rings. The number of esters is 1. The molecule has 0 saturated heterocycles. The summed E-state index contributed by atoms with van der Waals surface area (Å²) in [6.45, 7) is 1.96. The highest BCUT2D eigenvalue weighted by Crippen LogP contribution is 2.25. The number of aliphatic imine (C=N–C) groups is 1. The van der Waals surface area contributed by atoms with Crippen molar-refractivity contribution in [3.8, 4) is 5.75 Å². The van der Waals surface area contributed by atoms with Crippen LogP contribution in [-0.2, 0) is 9.53 Å². The molecule has 1 aliphatic rings. The minimum Gasteiger partial charge on any atom is -0.496 e. The normalized spacial score (nSPS) is 16.0. The molecule has 0 bridgehead atoms. The Morgan fingerprint density at radius 3 is 2.86 bits per heavy atom. The standard InChI is InChI=1S/C16H13NO4/c1-10-5-6-13(19-2)11(8-10)9-12-16(18)21-15(17-12)14-4-3-7-20-14/h3-9H,1-2H3/b12-9+. The van der Waals surface area contributed by atoms with Gasteiger partial charge in [-0.1, -0.05) is 11.6 Å². The van der Waals surface area contributed by atoms with Gasteiger partial charge < -0.3 is 13.9 Å². The Labute approximate surface area is 121 Å². The second kappa shape index (κ2) is 5.28. The van der Waals surface area contributed by atoms with Crippen molar-refractivity contribution >= 4 is 17.9 Å². The minimum absolute atomic E-state index is 0.169. The van der Waals surface area contributed by atoms with E-state index in [0.717, 1.165) is 11.1 Å². The summed E-state index contributed by atoms with van der Waals surface area (Å²) < 4.78 is 15.6. The number of methoxy groups -OCH3 is 1. The number of carbonyl (C=O) groups is 1. The molecule has 1 aromatic carbocycles. The van der Waals surface area contributed by atoms with Gasteiger partial charge in [-0.15, -0.1) is 0 Å². The minimum atomic E-state index is -0.509. The molecule has 0 saturated carbocycles. The second-order valence-corrected chi connectivity index (χ2v) is 4.56. The number of hydrogen-bond donors (Lipinski definition) is 0. The number of aryl methyl sites for hydroxylation is 1. The molecule has 0 spiro atoms. The zero-order valence-corrected chi connectivity index (χ0v) is 11.6. The highest BCUT2D eigenvalue weighted by atomic mass is 16.6. The summed E-state index contributed by atoms with van der Waals surface area (Å²) >= 11 is 0. The van der Waals surface area contributed by atoms with E-state index in [1.54, 1.807) is 25.3 Å². The zero-order valence-electron chi connectivity index (χ0n) is 11.6. The van der Waals surface area contributed by atoms with Crippen molar-refractivity contribution < 1.29 is 18.7 Å². The van der Waals surface area contributed by atoms with Crippen molar-refractivity contribution in [2.24, 2.45) is 4.99 Å². The molecule has 1 aliphatic heterocycles. The quantitative estimate of drug-likeness (QED) is 0.642. The summed E-state index contributed by atoms with van der Waals surface area (Å²) in [4.78, 5) is 16.0. The van der Waals surface area contributed by atoms with Crippen LogP contribution in [-0.4, -0.2) is 19.0 Å². The average molecular weight is 283 g/mol. The van der Waals surface area contributed by atoms with Gasteiger partial charge in [0.05, 0.1) is 13.4 Å². The van der Waals surface area contributed by atoms with Gasteiger partial charge in [0.15, 0.2) is 11.5 Å². The van der Waals surface area contributed by atoms with Crippen LogP contribution in [0.1, 0.15) is 16.9 Å². The van der Waals surface area contributed by atoms with Crippen molar-refractivity contribution in [1.29, 1.82) is 0 Å². The lowest BCUT2D eigenvalue weighted by atomic mass is 10.1. The topological polar surface area (TPSA) is 61.0 Å². The molecule has 2 aromatic rings. The van der Waals surface area contributed by atoms with Gasteiger partial charge in [-0.3, -0.25) is 0 Å². The van der Waals surface area contributed by atoms with Crippen LogP contribution in [0.2, 0.25) is 0 Å². The third kappa shape index (κ3) is 2.58. The lowest BCUT2D eigenvalue weighted by Crippen LogP contribution is -2.04.